The molecule has 0 spiro atoms. The quantitative estimate of drug-likeness (QED) is 0.796. The van der Waals surface area contributed by atoms with Crippen LogP contribution in [0, 0.1) is 0 Å². The standard InChI is InChI=1S/C11H13ClF3N/c1-7(2)8-4-3-5-9(6-8)10(16-12)11(13,14)15/h3-7,10,16H,1-2H3. The first-order valence-electron chi connectivity index (χ1n) is 4.89. The van der Waals surface area contributed by atoms with Gasteiger partial charge in [-0.1, -0.05) is 38.1 Å². The fourth-order valence-corrected chi connectivity index (χ4v) is 1.66. The van der Waals surface area contributed by atoms with E-state index in [1.807, 2.05) is 13.8 Å². The first-order valence-corrected chi connectivity index (χ1v) is 5.26. The predicted molar refractivity (Wildman–Crippen MR) is 58.3 cm³/mol. The molecule has 0 bridgehead atoms. The molecule has 1 N–H and O–H groups in total. The Morgan fingerprint density at radius 2 is 1.75 bits per heavy atom. The van der Waals surface area contributed by atoms with E-state index in [0.717, 1.165) is 5.56 Å². The van der Waals surface area contributed by atoms with Crippen LogP contribution in [0.2, 0.25) is 0 Å². The molecule has 16 heavy (non-hydrogen) atoms. The molecular weight excluding hydrogens is 239 g/mol. The van der Waals surface area contributed by atoms with Crippen molar-refractivity contribution in [3.05, 3.63) is 35.4 Å². The summed E-state index contributed by atoms with van der Waals surface area (Å²) in [6.45, 7) is 3.85. The molecule has 0 saturated carbocycles. The lowest BCUT2D eigenvalue weighted by Gasteiger charge is -2.19. The second kappa shape index (κ2) is 5.06. The van der Waals surface area contributed by atoms with E-state index in [0.29, 0.717) is 0 Å². The monoisotopic (exact) mass is 251 g/mol. The van der Waals surface area contributed by atoms with Crippen LogP contribution in [-0.4, -0.2) is 6.18 Å². The number of benzene rings is 1. The van der Waals surface area contributed by atoms with Gasteiger partial charge in [0, 0.05) is 0 Å². The molecule has 1 aromatic carbocycles. The molecule has 1 aromatic rings. The molecule has 5 heteroatoms. The molecule has 1 nitrogen and oxygen atoms in total. The Labute approximate surface area is 97.7 Å². The van der Waals surface area contributed by atoms with E-state index in [1.54, 1.807) is 17.0 Å². The van der Waals surface area contributed by atoms with Crippen LogP contribution >= 0.6 is 11.8 Å². The minimum Gasteiger partial charge on any atom is -0.217 e. The zero-order valence-corrected chi connectivity index (χ0v) is 9.73. The molecule has 0 amide bonds. The van der Waals surface area contributed by atoms with Crippen LogP contribution in [0.4, 0.5) is 13.2 Å². The third-order valence-corrected chi connectivity index (χ3v) is 2.57. The maximum absolute atomic E-state index is 12.6. The highest BCUT2D eigenvalue weighted by atomic mass is 35.5. The van der Waals surface area contributed by atoms with Crippen LogP contribution in [-0.2, 0) is 0 Å². The molecule has 0 aromatic heterocycles. The van der Waals surface area contributed by atoms with Crippen molar-refractivity contribution in [2.24, 2.45) is 0 Å². The van der Waals surface area contributed by atoms with Crippen molar-refractivity contribution in [1.82, 2.24) is 4.84 Å². The first kappa shape index (κ1) is 13.3. The van der Waals surface area contributed by atoms with Gasteiger partial charge in [-0.15, -0.1) is 0 Å². The molecule has 0 aliphatic carbocycles. The minimum absolute atomic E-state index is 0.133. The molecule has 0 radical (unpaired) electrons. The van der Waals surface area contributed by atoms with Crippen LogP contribution in [0.15, 0.2) is 24.3 Å². The van der Waals surface area contributed by atoms with Crippen molar-refractivity contribution in [3.63, 3.8) is 0 Å². The first-order chi connectivity index (χ1) is 7.36. The van der Waals surface area contributed by atoms with Crippen molar-refractivity contribution in [2.45, 2.75) is 32.0 Å². The second-order valence-electron chi connectivity index (χ2n) is 3.91. The van der Waals surface area contributed by atoms with E-state index >= 15 is 0 Å². The third kappa shape index (κ3) is 3.12. The minimum atomic E-state index is -4.39. The predicted octanol–water partition coefficient (Wildman–Crippen LogP) is 4.16. The van der Waals surface area contributed by atoms with E-state index in [-0.39, 0.29) is 11.5 Å². The van der Waals surface area contributed by atoms with Gasteiger partial charge in [0.1, 0.15) is 6.04 Å². The molecule has 0 fully saturated rings. The van der Waals surface area contributed by atoms with Crippen molar-refractivity contribution in [3.8, 4) is 0 Å². The lowest BCUT2D eigenvalue weighted by Crippen LogP contribution is -2.28. The zero-order chi connectivity index (χ0) is 12.3. The highest BCUT2D eigenvalue weighted by Gasteiger charge is 2.40. The van der Waals surface area contributed by atoms with Crippen molar-refractivity contribution >= 4 is 11.8 Å². The van der Waals surface area contributed by atoms with Crippen LogP contribution in [0.5, 0.6) is 0 Å². The van der Waals surface area contributed by atoms with E-state index in [4.69, 9.17) is 11.8 Å². The van der Waals surface area contributed by atoms with Gasteiger partial charge in [0.05, 0.1) is 0 Å². The number of alkyl halides is 3. The molecule has 1 atom stereocenters. The average molecular weight is 252 g/mol. The number of halogens is 4. The molecule has 0 aliphatic rings. The number of nitrogens with one attached hydrogen (secondary N) is 1. The summed E-state index contributed by atoms with van der Waals surface area (Å²) < 4.78 is 37.8. The van der Waals surface area contributed by atoms with Gasteiger partial charge in [-0.3, -0.25) is 0 Å². The van der Waals surface area contributed by atoms with Gasteiger partial charge in [-0.2, -0.15) is 13.2 Å². The van der Waals surface area contributed by atoms with Gasteiger partial charge in [-0.05, 0) is 28.8 Å². The molecule has 90 valence electrons. The summed E-state index contributed by atoms with van der Waals surface area (Å²) in [6.07, 6.45) is -4.39. The molecule has 1 unspecified atom stereocenters. The van der Waals surface area contributed by atoms with Crippen molar-refractivity contribution < 1.29 is 13.2 Å². The Hall–Kier alpha value is -0.740. The Kier molecular flexibility index (Phi) is 4.21. The van der Waals surface area contributed by atoms with Crippen LogP contribution < -0.4 is 4.84 Å². The normalized spacial score (nSPS) is 14.2. The summed E-state index contributed by atoms with van der Waals surface area (Å²) in [6, 6.07) is 4.53. The van der Waals surface area contributed by atoms with E-state index < -0.39 is 12.2 Å². The van der Waals surface area contributed by atoms with Crippen molar-refractivity contribution in [1.29, 1.82) is 0 Å². The van der Waals surface area contributed by atoms with Gasteiger partial charge in [0.2, 0.25) is 0 Å². The third-order valence-electron chi connectivity index (χ3n) is 2.35. The lowest BCUT2D eigenvalue weighted by molar-refractivity contribution is -0.153. The molecule has 1 rings (SSSR count). The maximum Gasteiger partial charge on any atom is 0.409 e. The van der Waals surface area contributed by atoms with E-state index in [2.05, 4.69) is 0 Å². The Balaban J connectivity index is 3.07. The number of hydrogen-bond acceptors (Lipinski definition) is 1. The van der Waals surface area contributed by atoms with Crippen LogP contribution in [0.25, 0.3) is 0 Å². The highest BCUT2D eigenvalue weighted by molar-refractivity contribution is 6.13. The van der Waals surface area contributed by atoms with Gasteiger partial charge < -0.3 is 0 Å². The summed E-state index contributed by atoms with van der Waals surface area (Å²) in [4.78, 5) is 1.77. The molecule has 0 heterocycles. The van der Waals surface area contributed by atoms with E-state index in [1.165, 1.54) is 12.1 Å². The summed E-state index contributed by atoms with van der Waals surface area (Å²) in [5.74, 6) is 0.184. The van der Waals surface area contributed by atoms with Crippen LogP contribution in [0.1, 0.15) is 36.9 Å². The van der Waals surface area contributed by atoms with Gasteiger partial charge in [-0.25, -0.2) is 4.84 Å². The average Bonchev–Trinajstić information content (AvgIpc) is 2.17. The second-order valence-corrected chi connectivity index (χ2v) is 4.13. The van der Waals surface area contributed by atoms with Gasteiger partial charge in [0.25, 0.3) is 0 Å². The van der Waals surface area contributed by atoms with Gasteiger partial charge >= 0.3 is 6.18 Å². The lowest BCUT2D eigenvalue weighted by atomic mass is 9.98. The number of rotatable bonds is 3. The summed E-state index contributed by atoms with van der Waals surface area (Å²) >= 11 is 5.15. The molecule has 0 aliphatic heterocycles. The fraction of sp³-hybridized carbons (Fsp3) is 0.455. The Morgan fingerprint density at radius 1 is 1.19 bits per heavy atom. The number of hydrogen-bond donors (Lipinski definition) is 1. The largest absolute Gasteiger partial charge is 0.409 e. The van der Waals surface area contributed by atoms with Gasteiger partial charge in [0.15, 0.2) is 0 Å². The smallest absolute Gasteiger partial charge is 0.217 e. The fourth-order valence-electron chi connectivity index (χ4n) is 1.41. The summed E-state index contributed by atoms with van der Waals surface area (Å²) in [5.41, 5.74) is 0.993. The van der Waals surface area contributed by atoms with Crippen molar-refractivity contribution in [2.75, 3.05) is 0 Å². The van der Waals surface area contributed by atoms with Crippen LogP contribution in [0.3, 0.4) is 0 Å². The molecular formula is C11H13ClF3N. The maximum atomic E-state index is 12.6. The summed E-state index contributed by atoms with van der Waals surface area (Å²) in [5, 5.41) is 0. The Morgan fingerprint density at radius 3 is 2.19 bits per heavy atom. The SMILES string of the molecule is CC(C)c1cccc(C(NCl)C(F)(F)F)c1. The topological polar surface area (TPSA) is 12.0 Å². The summed E-state index contributed by atoms with van der Waals surface area (Å²) in [7, 11) is 0. The molecule has 0 saturated heterocycles. The Bertz CT molecular complexity index is 349. The highest BCUT2D eigenvalue weighted by Crippen LogP contribution is 2.34. The van der Waals surface area contributed by atoms with E-state index in [9.17, 15) is 13.2 Å². The zero-order valence-electron chi connectivity index (χ0n) is 8.98.